The van der Waals surface area contributed by atoms with Crippen molar-refractivity contribution < 1.29 is 9.59 Å². The van der Waals surface area contributed by atoms with Gasteiger partial charge in [-0.15, -0.1) is 0 Å². The zero-order valence-corrected chi connectivity index (χ0v) is 16.7. The second-order valence-corrected chi connectivity index (χ2v) is 6.99. The molecule has 0 radical (unpaired) electrons. The Morgan fingerprint density at radius 2 is 1.67 bits per heavy atom. The number of carbonyl (C=O) groups excluding carboxylic acids is 2. The number of likely N-dealkylation sites (N-methyl/N-ethyl adjacent to an activating group) is 1. The van der Waals surface area contributed by atoms with Crippen molar-refractivity contribution in [2.24, 2.45) is 0 Å². The fourth-order valence-corrected chi connectivity index (χ4v) is 2.89. The fraction of sp³-hybridized carbons (Fsp3) is 0.333. The van der Waals surface area contributed by atoms with Crippen LogP contribution in [0, 0.1) is 0 Å². The third-order valence-electron chi connectivity index (χ3n) is 4.24. The summed E-state index contributed by atoms with van der Waals surface area (Å²) >= 11 is 6.03. The lowest BCUT2D eigenvalue weighted by atomic mass is 10.1. The average molecular weight is 388 g/mol. The highest BCUT2D eigenvalue weighted by atomic mass is 35.5. The SMILES string of the molecule is CCc1ccc([C@@H](C)NC(=O)CN(C)CC(=O)Nc2ccccc2Cl)cc1. The summed E-state index contributed by atoms with van der Waals surface area (Å²) in [7, 11) is 1.73. The Hall–Kier alpha value is -2.37. The third-order valence-corrected chi connectivity index (χ3v) is 4.57. The number of halogens is 1. The lowest BCUT2D eigenvalue weighted by Gasteiger charge is -2.19. The van der Waals surface area contributed by atoms with E-state index in [0.29, 0.717) is 10.7 Å². The summed E-state index contributed by atoms with van der Waals surface area (Å²) in [5.74, 6) is -0.350. The van der Waals surface area contributed by atoms with Crippen LogP contribution in [0.15, 0.2) is 48.5 Å². The number of hydrogen-bond acceptors (Lipinski definition) is 3. The summed E-state index contributed by atoms with van der Waals surface area (Å²) < 4.78 is 0. The van der Waals surface area contributed by atoms with Gasteiger partial charge in [0, 0.05) is 0 Å². The predicted molar refractivity (Wildman–Crippen MR) is 110 cm³/mol. The Bertz CT molecular complexity index is 777. The zero-order valence-electron chi connectivity index (χ0n) is 16.0. The number of anilines is 1. The summed E-state index contributed by atoms with van der Waals surface area (Å²) in [6, 6.07) is 15.2. The van der Waals surface area contributed by atoms with Gasteiger partial charge >= 0.3 is 0 Å². The van der Waals surface area contributed by atoms with Gasteiger partial charge in [0.2, 0.25) is 11.8 Å². The molecule has 1 atom stereocenters. The van der Waals surface area contributed by atoms with Gasteiger partial charge in [0.05, 0.1) is 29.8 Å². The minimum Gasteiger partial charge on any atom is -0.348 e. The van der Waals surface area contributed by atoms with Crippen LogP contribution in [0.4, 0.5) is 5.69 Å². The number of nitrogens with zero attached hydrogens (tertiary/aromatic N) is 1. The third kappa shape index (κ3) is 6.70. The molecular formula is C21H26ClN3O2. The highest BCUT2D eigenvalue weighted by Crippen LogP contribution is 2.20. The van der Waals surface area contributed by atoms with E-state index in [0.717, 1.165) is 12.0 Å². The Balaban J connectivity index is 1.80. The number of hydrogen-bond donors (Lipinski definition) is 2. The Morgan fingerprint density at radius 3 is 2.30 bits per heavy atom. The quantitative estimate of drug-likeness (QED) is 0.726. The van der Waals surface area contributed by atoms with Gasteiger partial charge in [0.15, 0.2) is 0 Å². The summed E-state index contributed by atoms with van der Waals surface area (Å²) in [5, 5.41) is 6.19. The van der Waals surface area contributed by atoms with Gasteiger partial charge in [-0.2, -0.15) is 0 Å². The van der Waals surface area contributed by atoms with E-state index in [4.69, 9.17) is 11.6 Å². The first-order valence-electron chi connectivity index (χ1n) is 9.00. The highest BCUT2D eigenvalue weighted by Gasteiger charge is 2.14. The molecular weight excluding hydrogens is 362 g/mol. The van der Waals surface area contributed by atoms with Gasteiger partial charge in [0.25, 0.3) is 0 Å². The van der Waals surface area contributed by atoms with Gasteiger partial charge in [-0.25, -0.2) is 0 Å². The molecule has 0 saturated heterocycles. The molecule has 0 aromatic heterocycles. The first-order valence-corrected chi connectivity index (χ1v) is 9.38. The minimum absolute atomic E-state index is 0.0891. The Labute approximate surface area is 165 Å². The van der Waals surface area contributed by atoms with Crippen LogP contribution in [-0.2, 0) is 16.0 Å². The molecule has 0 aliphatic rings. The van der Waals surface area contributed by atoms with E-state index < -0.39 is 0 Å². The van der Waals surface area contributed by atoms with E-state index in [1.165, 1.54) is 5.56 Å². The molecule has 144 valence electrons. The zero-order chi connectivity index (χ0) is 19.8. The number of carbonyl (C=O) groups is 2. The monoisotopic (exact) mass is 387 g/mol. The molecule has 2 rings (SSSR count). The van der Waals surface area contributed by atoms with Crippen LogP contribution in [0.25, 0.3) is 0 Å². The van der Waals surface area contributed by atoms with Crippen LogP contribution in [0.3, 0.4) is 0 Å². The van der Waals surface area contributed by atoms with Crippen LogP contribution in [-0.4, -0.2) is 36.9 Å². The maximum Gasteiger partial charge on any atom is 0.238 e. The molecule has 2 aromatic carbocycles. The topological polar surface area (TPSA) is 61.4 Å². The van der Waals surface area contributed by atoms with Crippen LogP contribution in [0.1, 0.15) is 31.0 Å². The van der Waals surface area contributed by atoms with Crippen molar-refractivity contribution in [1.29, 1.82) is 0 Å². The van der Waals surface area contributed by atoms with Crippen LogP contribution >= 0.6 is 11.6 Å². The molecule has 5 nitrogen and oxygen atoms in total. The Morgan fingerprint density at radius 1 is 1.04 bits per heavy atom. The van der Waals surface area contributed by atoms with E-state index in [1.54, 1.807) is 36.2 Å². The molecule has 2 amide bonds. The number of aryl methyl sites for hydroxylation is 1. The van der Waals surface area contributed by atoms with Crippen molar-refractivity contribution >= 4 is 29.1 Å². The molecule has 2 N–H and O–H groups in total. The molecule has 0 aliphatic carbocycles. The molecule has 0 unspecified atom stereocenters. The van der Waals surface area contributed by atoms with E-state index in [2.05, 4.69) is 29.7 Å². The predicted octanol–water partition coefficient (Wildman–Crippen LogP) is 3.65. The molecule has 0 aliphatic heterocycles. The van der Waals surface area contributed by atoms with E-state index in [1.807, 2.05) is 19.1 Å². The summed E-state index contributed by atoms with van der Waals surface area (Å²) in [6.07, 6.45) is 0.988. The van der Waals surface area contributed by atoms with E-state index >= 15 is 0 Å². The van der Waals surface area contributed by atoms with Crippen molar-refractivity contribution in [3.8, 4) is 0 Å². The molecule has 0 fully saturated rings. The molecule has 6 heteroatoms. The standard InChI is InChI=1S/C21H26ClN3O2/c1-4-16-9-11-17(12-10-16)15(2)23-20(26)13-25(3)14-21(27)24-19-8-6-5-7-18(19)22/h5-12,15H,4,13-14H2,1-3H3,(H,23,26)(H,24,27)/t15-/m1/s1. The smallest absolute Gasteiger partial charge is 0.238 e. The normalized spacial score (nSPS) is 11.9. The van der Waals surface area contributed by atoms with Crippen molar-refractivity contribution in [2.45, 2.75) is 26.3 Å². The Kier molecular flexibility index (Phi) is 7.82. The number of para-hydroxylation sites is 1. The van der Waals surface area contributed by atoms with Crippen molar-refractivity contribution in [3.63, 3.8) is 0 Å². The van der Waals surface area contributed by atoms with E-state index in [-0.39, 0.29) is 30.9 Å². The minimum atomic E-state index is -0.221. The van der Waals surface area contributed by atoms with Crippen molar-refractivity contribution in [1.82, 2.24) is 10.2 Å². The van der Waals surface area contributed by atoms with Gasteiger partial charge in [0.1, 0.15) is 0 Å². The molecule has 0 heterocycles. The largest absolute Gasteiger partial charge is 0.348 e. The average Bonchev–Trinajstić information content (AvgIpc) is 2.63. The van der Waals surface area contributed by atoms with Gasteiger partial charge < -0.3 is 10.6 Å². The fourth-order valence-electron chi connectivity index (χ4n) is 2.71. The lowest BCUT2D eigenvalue weighted by molar-refractivity contribution is -0.123. The number of nitrogens with one attached hydrogen (secondary N) is 2. The summed E-state index contributed by atoms with van der Waals surface area (Å²) in [6.45, 7) is 4.28. The van der Waals surface area contributed by atoms with Gasteiger partial charge in [-0.3, -0.25) is 14.5 Å². The van der Waals surface area contributed by atoms with E-state index in [9.17, 15) is 9.59 Å². The maximum atomic E-state index is 12.2. The van der Waals surface area contributed by atoms with Crippen LogP contribution < -0.4 is 10.6 Å². The van der Waals surface area contributed by atoms with Crippen LogP contribution in [0.5, 0.6) is 0 Å². The lowest BCUT2D eigenvalue weighted by Crippen LogP contribution is -2.39. The first kappa shape index (κ1) is 20.9. The first-order chi connectivity index (χ1) is 12.9. The number of benzene rings is 2. The van der Waals surface area contributed by atoms with Crippen molar-refractivity contribution in [2.75, 3.05) is 25.5 Å². The molecule has 0 bridgehead atoms. The number of amides is 2. The summed E-state index contributed by atoms with van der Waals surface area (Å²) in [5.41, 5.74) is 2.88. The highest BCUT2D eigenvalue weighted by molar-refractivity contribution is 6.33. The van der Waals surface area contributed by atoms with Crippen molar-refractivity contribution in [3.05, 3.63) is 64.7 Å². The molecule has 2 aromatic rings. The maximum absolute atomic E-state index is 12.2. The molecule has 0 spiro atoms. The van der Waals surface area contributed by atoms with Crippen LogP contribution in [0.2, 0.25) is 5.02 Å². The second kappa shape index (κ2) is 10.1. The number of rotatable bonds is 8. The molecule has 0 saturated carbocycles. The van der Waals surface area contributed by atoms with Gasteiger partial charge in [-0.05, 0) is 43.7 Å². The van der Waals surface area contributed by atoms with Gasteiger partial charge in [-0.1, -0.05) is 54.9 Å². The molecule has 27 heavy (non-hydrogen) atoms. The summed E-state index contributed by atoms with van der Waals surface area (Å²) in [4.78, 5) is 26.0. The second-order valence-electron chi connectivity index (χ2n) is 6.58.